The van der Waals surface area contributed by atoms with Crippen molar-refractivity contribution in [3.05, 3.63) is 33.9 Å². The van der Waals surface area contributed by atoms with Crippen molar-refractivity contribution in [3.8, 4) is 0 Å². The lowest BCUT2D eigenvalue weighted by Crippen LogP contribution is -2.32. The molecule has 108 valence electrons. The number of benzene rings is 1. The predicted molar refractivity (Wildman–Crippen MR) is 76.5 cm³/mol. The first kappa shape index (κ1) is 14.5. The zero-order chi connectivity index (χ0) is 14.7. The van der Waals surface area contributed by atoms with Crippen LogP contribution in [0, 0.1) is 10.1 Å². The number of hydrogen-bond donors (Lipinski definition) is 1. The van der Waals surface area contributed by atoms with Crippen molar-refractivity contribution in [2.75, 3.05) is 11.4 Å². The normalized spacial score (nSPS) is 17.4. The molecule has 1 aromatic rings. The summed E-state index contributed by atoms with van der Waals surface area (Å²) < 4.78 is 0. The van der Waals surface area contributed by atoms with Crippen LogP contribution in [-0.4, -0.2) is 17.4 Å². The van der Waals surface area contributed by atoms with Gasteiger partial charge in [0, 0.05) is 29.9 Å². The number of rotatable bonds is 6. The average molecular weight is 277 g/mol. The molecule has 1 aliphatic rings. The van der Waals surface area contributed by atoms with E-state index >= 15 is 0 Å². The number of amides is 1. The van der Waals surface area contributed by atoms with Gasteiger partial charge >= 0.3 is 0 Å². The van der Waals surface area contributed by atoms with Crippen molar-refractivity contribution in [2.24, 2.45) is 5.73 Å². The Bertz CT molecular complexity index is 530. The third kappa shape index (κ3) is 2.65. The van der Waals surface area contributed by atoms with Gasteiger partial charge in [-0.2, -0.15) is 0 Å². The van der Waals surface area contributed by atoms with Crippen LogP contribution in [-0.2, 0) is 4.79 Å². The smallest absolute Gasteiger partial charge is 0.269 e. The highest BCUT2D eigenvalue weighted by molar-refractivity contribution is 6.04. The second-order valence-electron chi connectivity index (χ2n) is 5.03. The summed E-state index contributed by atoms with van der Waals surface area (Å²) in [5, 5.41) is 10.8. The molecule has 0 aromatic heterocycles. The molecule has 1 aromatic carbocycles. The molecule has 2 N–H and O–H groups in total. The second-order valence-corrected chi connectivity index (χ2v) is 5.03. The fourth-order valence-corrected chi connectivity index (χ4v) is 2.50. The summed E-state index contributed by atoms with van der Waals surface area (Å²) in [6.07, 6.45) is 4.26. The number of nitro groups is 1. The molecular weight excluding hydrogens is 258 g/mol. The summed E-state index contributed by atoms with van der Waals surface area (Å²) in [5.41, 5.74) is 7.11. The highest BCUT2D eigenvalue weighted by Gasteiger charge is 2.35. The molecule has 1 heterocycles. The Morgan fingerprint density at radius 1 is 1.35 bits per heavy atom. The van der Waals surface area contributed by atoms with Gasteiger partial charge in [0.1, 0.15) is 6.04 Å². The second kappa shape index (κ2) is 6.00. The molecule has 6 heteroatoms. The number of unbranched alkanes of at least 4 members (excludes halogenated alkanes) is 3. The van der Waals surface area contributed by atoms with E-state index in [1.54, 1.807) is 11.0 Å². The van der Waals surface area contributed by atoms with Crippen LogP contribution in [0.25, 0.3) is 0 Å². The van der Waals surface area contributed by atoms with Gasteiger partial charge in [-0.15, -0.1) is 0 Å². The molecule has 1 unspecified atom stereocenters. The van der Waals surface area contributed by atoms with E-state index in [0.717, 1.165) is 25.7 Å². The minimum absolute atomic E-state index is 0.0279. The van der Waals surface area contributed by atoms with Crippen molar-refractivity contribution >= 4 is 17.3 Å². The Morgan fingerprint density at radius 2 is 2.10 bits per heavy atom. The fourth-order valence-electron chi connectivity index (χ4n) is 2.50. The quantitative estimate of drug-likeness (QED) is 0.491. The highest BCUT2D eigenvalue weighted by Crippen LogP contribution is 2.36. The van der Waals surface area contributed by atoms with Gasteiger partial charge in [-0.05, 0) is 12.5 Å². The third-order valence-corrected chi connectivity index (χ3v) is 3.62. The van der Waals surface area contributed by atoms with Crippen molar-refractivity contribution in [1.29, 1.82) is 0 Å². The molecule has 20 heavy (non-hydrogen) atoms. The van der Waals surface area contributed by atoms with E-state index in [1.807, 2.05) is 0 Å². The zero-order valence-corrected chi connectivity index (χ0v) is 11.5. The molecule has 0 saturated carbocycles. The number of anilines is 1. The number of hydrogen-bond acceptors (Lipinski definition) is 4. The number of non-ortho nitro benzene ring substituents is 1. The molecular formula is C14H19N3O3. The van der Waals surface area contributed by atoms with Crippen LogP contribution in [0.2, 0.25) is 0 Å². The van der Waals surface area contributed by atoms with Crippen LogP contribution in [0.5, 0.6) is 0 Å². The maximum absolute atomic E-state index is 12.1. The third-order valence-electron chi connectivity index (χ3n) is 3.62. The Hall–Kier alpha value is -1.95. The molecule has 0 spiro atoms. The number of carbonyl (C=O) groups excluding carboxylic acids is 1. The minimum Gasteiger partial charge on any atom is -0.316 e. The molecule has 0 bridgehead atoms. The van der Waals surface area contributed by atoms with E-state index in [1.165, 1.54) is 12.1 Å². The van der Waals surface area contributed by atoms with Gasteiger partial charge in [0.25, 0.3) is 5.69 Å². The minimum atomic E-state index is -0.781. The van der Waals surface area contributed by atoms with Gasteiger partial charge in [-0.25, -0.2) is 0 Å². The molecule has 2 rings (SSSR count). The van der Waals surface area contributed by atoms with Crippen molar-refractivity contribution in [3.63, 3.8) is 0 Å². The molecule has 0 aliphatic carbocycles. The fraction of sp³-hybridized carbons (Fsp3) is 0.500. The predicted octanol–water partition coefficient (Wildman–Crippen LogP) is 2.52. The topological polar surface area (TPSA) is 89.5 Å². The summed E-state index contributed by atoms with van der Waals surface area (Å²) >= 11 is 0. The molecule has 1 aliphatic heterocycles. The molecule has 1 amide bonds. The monoisotopic (exact) mass is 277 g/mol. The van der Waals surface area contributed by atoms with E-state index in [4.69, 9.17) is 5.73 Å². The van der Waals surface area contributed by atoms with Gasteiger partial charge in [0.15, 0.2) is 0 Å². The number of nitrogens with zero attached hydrogens (tertiary/aromatic N) is 2. The number of fused-ring (bicyclic) bond motifs is 1. The first-order valence-electron chi connectivity index (χ1n) is 6.91. The highest BCUT2D eigenvalue weighted by atomic mass is 16.6. The average Bonchev–Trinajstić information content (AvgIpc) is 2.67. The van der Waals surface area contributed by atoms with Gasteiger partial charge < -0.3 is 10.6 Å². The summed E-state index contributed by atoms with van der Waals surface area (Å²) in [7, 11) is 0. The Morgan fingerprint density at radius 3 is 2.75 bits per heavy atom. The SMILES string of the molecule is CCCCCCN1C(=O)C(N)c2cc([N+](=O)[O-])ccc21. The first-order valence-corrected chi connectivity index (χ1v) is 6.91. The van der Waals surface area contributed by atoms with E-state index in [9.17, 15) is 14.9 Å². The molecule has 1 atom stereocenters. The van der Waals surface area contributed by atoms with Crippen LogP contribution in [0.4, 0.5) is 11.4 Å². The number of nitro benzene ring substituents is 1. The largest absolute Gasteiger partial charge is 0.316 e. The van der Waals surface area contributed by atoms with Gasteiger partial charge in [-0.3, -0.25) is 14.9 Å². The number of nitrogens with two attached hydrogens (primary N) is 1. The van der Waals surface area contributed by atoms with Gasteiger partial charge in [-0.1, -0.05) is 26.2 Å². The zero-order valence-electron chi connectivity index (χ0n) is 11.5. The number of carbonyl (C=O) groups is 1. The summed E-state index contributed by atoms with van der Waals surface area (Å²) in [5.74, 6) is -0.169. The summed E-state index contributed by atoms with van der Waals surface area (Å²) in [6, 6.07) is 3.67. The van der Waals surface area contributed by atoms with Crippen LogP contribution in [0.15, 0.2) is 18.2 Å². The van der Waals surface area contributed by atoms with Crippen LogP contribution < -0.4 is 10.6 Å². The lowest BCUT2D eigenvalue weighted by Gasteiger charge is -2.17. The van der Waals surface area contributed by atoms with E-state index < -0.39 is 11.0 Å². The van der Waals surface area contributed by atoms with E-state index in [2.05, 4.69) is 6.92 Å². The van der Waals surface area contributed by atoms with Crippen molar-refractivity contribution < 1.29 is 9.72 Å². The van der Waals surface area contributed by atoms with Crippen LogP contribution in [0.1, 0.15) is 44.2 Å². The Kier molecular flexibility index (Phi) is 4.34. The molecule has 6 nitrogen and oxygen atoms in total. The molecule has 0 fully saturated rings. The van der Waals surface area contributed by atoms with Crippen molar-refractivity contribution in [2.45, 2.75) is 38.6 Å². The molecule has 0 saturated heterocycles. The Balaban J connectivity index is 2.18. The lowest BCUT2D eigenvalue weighted by molar-refractivity contribution is -0.384. The van der Waals surface area contributed by atoms with E-state index in [0.29, 0.717) is 17.8 Å². The van der Waals surface area contributed by atoms with Crippen LogP contribution in [0.3, 0.4) is 0 Å². The maximum atomic E-state index is 12.1. The first-order chi connectivity index (χ1) is 9.56. The summed E-state index contributed by atoms with van der Waals surface area (Å²) in [4.78, 5) is 24.1. The van der Waals surface area contributed by atoms with E-state index in [-0.39, 0.29) is 11.6 Å². The van der Waals surface area contributed by atoms with Crippen LogP contribution >= 0.6 is 0 Å². The standard InChI is InChI=1S/C14H19N3O3/c1-2-3-4-5-8-16-12-7-6-10(17(19)20)9-11(12)13(15)14(16)18/h6-7,9,13H,2-5,8,15H2,1H3. The molecule has 0 radical (unpaired) electrons. The lowest BCUT2D eigenvalue weighted by atomic mass is 10.1. The maximum Gasteiger partial charge on any atom is 0.269 e. The van der Waals surface area contributed by atoms with Gasteiger partial charge in [0.05, 0.1) is 4.92 Å². The van der Waals surface area contributed by atoms with Crippen molar-refractivity contribution in [1.82, 2.24) is 0 Å². The Labute approximate surface area is 117 Å². The van der Waals surface area contributed by atoms with Gasteiger partial charge in [0.2, 0.25) is 5.91 Å². The summed E-state index contributed by atoms with van der Waals surface area (Å²) in [6.45, 7) is 2.75.